The van der Waals surface area contributed by atoms with Gasteiger partial charge in [-0.2, -0.15) is 0 Å². The van der Waals surface area contributed by atoms with Gasteiger partial charge in [0.05, 0.1) is 25.4 Å². The van der Waals surface area contributed by atoms with Gasteiger partial charge >= 0.3 is 0 Å². The Hall–Kier alpha value is -2.37. The normalized spacial score (nSPS) is 18.2. The van der Waals surface area contributed by atoms with E-state index in [1.807, 2.05) is 56.3 Å². The quantitative estimate of drug-likeness (QED) is 0.846. The Morgan fingerprint density at radius 1 is 1.12 bits per heavy atom. The molecule has 2 aliphatic rings. The molecule has 1 fully saturated rings. The number of aryl methyl sites for hydroxylation is 2. The third kappa shape index (κ3) is 2.77. The zero-order chi connectivity index (χ0) is 18.1. The van der Waals surface area contributed by atoms with Crippen LogP contribution in [0.3, 0.4) is 0 Å². The molecule has 1 spiro atoms. The van der Waals surface area contributed by atoms with E-state index in [9.17, 15) is 4.79 Å². The van der Waals surface area contributed by atoms with Gasteiger partial charge in [-0.25, -0.2) is 0 Å². The third-order valence-electron chi connectivity index (χ3n) is 4.89. The van der Waals surface area contributed by atoms with Gasteiger partial charge in [0, 0.05) is 5.56 Å². The molecular formula is C21H23NO4. The van der Waals surface area contributed by atoms with Crippen molar-refractivity contribution in [2.24, 2.45) is 0 Å². The molecule has 2 heterocycles. The van der Waals surface area contributed by atoms with Crippen molar-refractivity contribution in [3.05, 3.63) is 59.2 Å². The lowest BCUT2D eigenvalue weighted by molar-refractivity contribution is -0.256. The van der Waals surface area contributed by atoms with Crippen molar-refractivity contribution in [3.8, 4) is 5.75 Å². The van der Waals surface area contributed by atoms with Gasteiger partial charge in [-0.15, -0.1) is 0 Å². The van der Waals surface area contributed by atoms with Crippen LogP contribution in [0.5, 0.6) is 5.75 Å². The van der Waals surface area contributed by atoms with Crippen LogP contribution in [0, 0.1) is 13.8 Å². The second kappa shape index (κ2) is 6.74. The summed E-state index contributed by atoms with van der Waals surface area (Å²) in [5.74, 6) is -0.614. The lowest BCUT2D eigenvalue weighted by Gasteiger charge is -2.32. The molecule has 0 radical (unpaired) electrons. The maximum Gasteiger partial charge on any atom is 0.292 e. The maximum absolute atomic E-state index is 13.2. The van der Waals surface area contributed by atoms with Crippen molar-refractivity contribution in [2.45, 2.75) is 26.1 Å². The smallest absolute Gasteiger partial charge is 0.292 e. The Bertz CT molecular complexity index is 827. The predicted octanol–water partition coefficient (Wildman–Crippen LogP) is 3.32. The molecule has 0 unspecified atom stereocenters. The molecule has 0 N–H and O–H groups in total. The number of anilines is 1. The van der Waals surface area contributed by atoms with Gasteiger partial charge in [-0.1, -0.05) is 29.8 Å². The van der Waals surface area contributed by atoms with Crippen molar-refractivity contribution >= 4 is 11.6 Å². The Kier molecular flexibility index (Phi) is 4.42. The molecular weight excluding hydrogens is 330 g/mol. The monoisotopic (exact) mass is 353 g/mol. The highest BCUT2D eigenvalue weighted by Crippen LogP contribution is 2.45. The first kappa shape index (κ1) is 17.1. The molecule has 1 saturated heterocycles. The lowest BCUT2D eigenvalue weighted by atomic mass is 10.0. The summed E-state index contributed by atoms with van der Waals surface area (Å²) in [5, 5.41) is 0. The number of amides is 1. The van der Waals surface area contributed by atoms with Gasteiger partial charge in [0.2, 0.25) is 0 Å². The summed E-state index contributed by atoms with van der Waals surface area (Å²) >= 11 is 0. The van der Waals surface area contributed by atoms with E-state index >= 15 is 0 Å². The minimum Gasteiger partial charge on any atom is -0.491 e. The largest absolute Gasteiger partial charge is 0.491 e. The molecule has 5 nitrogen and oxygen atoms in total. The average Bonchev–Trinajstić information content (AvgIpc) is 2.86. The summed E-state index contributed by atoms with van der Waals surface area (Å²) in [4.78, 5) is 14.9. The molecule has 136 valence electrons. The van der Waals surface area contributed by atoms with Gasteiger partial charge in [0.1, 0.15) is 12.4 Å². The summed E-state index contributed by atoms with van der Waals surface area (Å²) in [5.41, 5.74) is 3.80. The number of nitrogens with zero attached hydrogens (tertiary/aromatic N) is 1. The fourth-order valence-electron chi connectivity index (χ4n) is 3.55. The van der Waals surface area contributed by atoms with Crippen LogP contribution in [0.25, 0.3) is 0 Å². The molecule has 0 aliphatic carbocycles. The highest BCUT2D eigenvalue weighted by molar-refractivity contribution is 6.06. The molecule has 1 amide bonds. The molecule has 2 aliphatic heterocycles. The summed E-state index contributed by atoms with van der Waals surface area (Å²) < 4.78 is 17.6. The van der Waals surface area contributed by atoms with E-state index in [2.05, 4.69) is 0 Å². The molecule has 0 atom stereocenters. The van der Waals surface area contributed by atoms with Gasteiger partial charge in [-0.05, 0) is 44.0 Å². The zero-order valence-electron chi connectivity index (χ0n) is 15.2. The Morgan fingerprint density at radius 2 is 1.88 bits per heavy atom. The molecule has 0 bridgehead atoms. The molecule has 0 saturated carbocycles. The summed E-state index contributed by atoms with van der Waals surface area (Å²) in [6.07, 6.45) is 0.798. The van der Waals surface area contributed by atoms with Crippen LogP contribution >= 0.6 is 0 Å². The van der Waals surface area contributed by atoms with Crippen LogP contribution < -0.4 is 9.64 Å². The molecule has 0 aromatic heterocycles. The number of hydrogen-bond acceptors (Lipinski definition) is 4. The molecule has 26 heavy (non-hydrogen) atoms. The fourth-order valence-corrected chi connectivity index (χ4v) is 3.55. The second-order valence-corrected chi connectivity index (χ2v) is 6.76. The molecule has 2 aromatic rings. The third-order valence-corrected chi connectivity index (χ3v) is 4.89. The van der Waals surface area contributed by atoms with Gasteiger partial charge in [-0.3, -0.25) is 4.79 Å². The van der Waals surface area contributed by atoms with Crippen molar-refractivity contribution in [2.75, 3.05) is 31.3 Å². The summed E-state index contributed by atoms with van der Waals surface area (Å²) in [7, 11) is 0. The van der Waals surface area contributed by atoms with E-state index in [0.717, 1.165) is 34.5 Å². The topological polar surface area (TPSA) is 48.0 Å². The number of benzene rings is 2. The fraction of sp³-hybridized carbons (Fsp3) is 0.381. The van der Waals surface area contributed by atoms with E-state index in [-0.39, 0.29) is 5.91 Å². The van der Waals surface area contributed by atoms with Crippen LogP contribution in [-0.2, 0) is 20.1 Å². The SMILES string of the molecule is Cc1ccc2c(c1)C1(OCCCO1)C(=O)N2CCOc1ccccc1C. The lowest BCUT2D eigenvalue weighted by Crippen LogP contribution is -2.48. The number of rotatable bonds is 4. The molecule has 2 aromatic carbocycles. The first-order valence-corrected chi connectivity index (χ1v) is 9.01. The van der Waals surface area contributed by atoms with Crippen LogP contribution in [-0.4, -0.2) is 32.3 Å². The Labute approximate surface area is 153 Å². The average molecular weight is 353 g/mol. The molecule has 5 heteroatoms. The van der Waals surface area contributed by atoms with Crippen molar-refractivity contribution in [1.29, 1.82) is 0 Å². The van der Waals surface area contributed by atoms with Crippen LogP contribution in [0.15, 0.2) is 42.5 Å². The minimum atomic E-state index is -1.29. The number of para-hydroxylation sites is 1. The number of ether oxygens (including phenoxy) is 3. The Morgan fingerprint density at radius 3 is 2.65 bits per heavy atom. The highest BCUT2D eigenvalue weighted by Gasteiger charge is 2.54. The van der Waals surface area contributed by atoms with Crippen LogP contribution in [0.1, 0.15) is 23.1 Å². The maximum atomic E-state index is 13.2. The first-order chi connectivity index (χ1) is 12.6. The number of carbonyl (C=O) groups is 1. The first-order valence-electron chi connectivity index (χ1n) is 9.01. The van der Waals surface area contributed by atoms with Crippen molar-refractivity contribution in [3.63, 3.8) is 0 Å². The Balaban J connectivity index is 1.57. The zero-order valence-corrected chi connectivity index (χ0v) is 15.2. The van der Waals surface area contributed by atoms with E-state index in [1.54, 1.807) is 4.90 Å². The van der Waals surface area contributed by atoms with E-state index in [1.165, 1.54) is 0 Å². The highest BCUT2D eigenvalue weighted by atomic mass is 16.7. The second-order valence-electron chi connectivity index (χ2n) is 6.76. The van der Waals surface area contributed by atoms with E-state index < -0.39 is 5.79 Å². The van der Waals surface area contributed by atoms with Gasteiger partial charge in [0.15, 0.2) is 0 Å². The van der Waals surface area contributed by atoms with Crippen LogP contribution in [0.2, 0.25) is 0 Å². The summed E-state index contributed by atoms with van der Waals surface area (Å²) in [6, 6.07) is 13.8. The van der Waals surface area contributed by atoms with Gasteiger partial charge in [0.25, 0.3) is 11.7 Å². The minimum absolute atomic E-state index is 0.161. The van der Waals surface area contributed by atoms with E-state index in [0.29, 0.717) is 26.4 Å². The molecule has 4 rings (SSSR count). The number of fused-ring (bicyclic) bond motifs is 2. The summed E-state index contributed by atoms with van der Waals surface area (Å²) in [6.45, 7) is 5.90. The van der Waals surface area contributed by atoms with Gasteiger partial charge < -0.3 is 19.1 Å². The van der Waals surface area contributed by atoms with E-state index in [4.69, 9.17) is 14.2 Å². The van der Waals surface area contributed by atoms with Crippen molar-refractivity contribution in [1.82, 2.24) is 0 Å². The predicted molar refractivity (Wildman–Crippen MR) is 98.4 cm³/mol. The van der Waals surface area contributed by atoms with Crippen molar-refractivity contribution < 1.29 is 19.0 Å². The standard InChI is InChI=1S/C21H23NO4/c1-15-8-9-18-17(14-15)21(25-11-5-12-26-21)20(23)22(18)10-13-24-19-7-4-3-6-16(19)2/h3-4,6-9,14H,5,10-13H2,1-2H3. The number of hydrogen-bond donors (Lipinski definition) is 0. The van der Waals surface area contributed by atoms with Crippen LogP contribution in [0.4, 0.5) is 5.69 Å². The number of carbonyl (C=O) groups excluding carboxylic acids is 1.